The monoisotopic (exact) mass is 389 g/mol. The van der Waals surface area contributed by atoms with Crippen molar-refractivity contribution in [1.82, 2.24) is 0 Å². The summed E-state index contributed by atoms with van der Waals surface area (Å²) in [5.41, 5.74) is 0.874. The molecule has 0 unspecified atom stereocenters. The first-order chi connectivity index (χ1) is 10.8. The summed E-state index contributed by atoms with van der Waals surface area (Å²) in [6, 6.07) is 14.9. The van der Waals surface area contributed by atoms with Crippen LogP contribution in [-0.2, 0) is 4.79 Å². The van der Waals surface area contributed by atoms with E-state index in [-0.39, 0.29) is 12.3 Å². The van der Waals surface area contributed by atoms with Crippen molar-refractivity contribution < 1.29 is 9.59 Å². The summed E-state index contributed by atoms with van der Waals surface area (Å²) in [7, 11) is 0. The number of ketones is 1. The van der Waals surface area contributed by atoms with Gasteiger partial charge in [0.2, 0.25) is 0 Å². The van der Waals surface area contributed by atoms with Gasteiger partial charge in [0.05, 0.1) is 6.54 Å². The Morgan fingerprint density at radius 1 is 0.913 bits per heavy atom. The third kappa shape index (κ3) is 4.85. The quantitative estimate of drug-likeness (QED) is 0.548. The molecule has 2 rings (SSSR count). The van der Waals surface area contributed by atoms with E-state index in [1.54, 1.807) is 54.6 Å². The van der Waals surface area contributed by atoms with Gasteiger partial charge in [-0.1, -0.05) is 76.7 Å². The van der Waals surface area contributed by atoms with Crippen LogP contribution in [0.15, 0.2) is 54.6 Å². The molecule has 0 radical (unpaired) electrons. The number of rotatable bonds is 4. The lowest BCUT2D eigenvalue weighted by atomic mass is 10.1. The maximum absolute atomic E-state index is 12.4. The van der Waals surface area contributed by atoms with E-state index in [9.17, 15) is 9.59 Å². The number of anilines is 1. The molecule has 0 aliphatic heterocycles. The summed E-state index contributed by atoms with van der Waals surface area (Å²) < 4.78 is -2.17. The molecular formula is C16H11Cl4NO2. The fourth-order valence-corrected chi connectivity index (χ4v) is 2.35. The predicted molar refractivity (Wildman–Crippen MR) is 94.9 cm³/mol. The molecule has 120 valence electrons. The first-order valence-electron chi connectivity index (χ1n) is 6.51. The van der Waals surface area contributed by atoms with E-state index in [2.05, 4.69) is 0 Å². The van der Waals surface area contributed by atoms with E-state index in [1.807, 2.05) is 0 Å². The number of alkyl halides is 3. The van der Waals surface area contributed by atoms with Gasteiger partial charge in [-0.3, -0.25) is 9.59 Å². The second-order valence-electron chi connectivity index (χ2n) is 4.65. The van der Waals surface area contributed by atoms with Crippen molar-refractivity contribution >= 4 is 63.8 Å². The number of carbonyl (C=O) groups is 2. The number of benzene rings is 2. The van der Waals surface area contributed by atoms with Crippen molar-refractivity contribution in [3.8, 4) is 0 Å². The average Bonchev–Trinajstić information content (AvgIpc) is 2.52. The number of carbonyl (C=O) groups excluding carboxylic acids is 2. The van der Waals surface area contributed by atoms with Crippen molar-refractivity contribution in [3.63, 3.8) is 0 Å². The molecule has 0 bridgehead atoms. The summed E-state index contributed by atoms with van der Waals surface area (Å²) >= 11 is 22.9. The fourth-order valence-electron chi connectivity index (χ4n) is 1.91. The molecule has 7 heteroatoms. The molecular weight excluding hydrogens is 380 g/mol. The van der Waals surface area contributed by atoms with Gasteiger partial charge in [-0.15, -0.1) is 0 Å². The van der Waals surface area contributed by atoms with Gasteiger partial charge in [0.15, 0.2) is 5.78 Å². The van der Waals surface area contributed by atoms with Crippen LogP contribution in [0.25, 0.3) is 0 Å². The Kier molecular flexibility index (Phi) is 5.93. The van der Waals surface area contributed by atoms with Gasteiger partial charge in [0.25, 0.3) is 9.70 Å². The molecule has 0 N–H and O–H groups in total. The number of nitrogens with zero attached hydrogens (tertiary/aromatic N) is 1. The van der Waals surface area contributed by atoms with E-state index in [0.29, 0.717) is 16.3 Å². The third-order valence-electron chi connectivity index (χ3n) is 3.02. The summed E-state index contributed by atoms with van der Waals surface area (Å²) in [5, 5.41) is 0.490. The highest BCUT2D eigenvalue weighted by Gasteiger charge is 2.36. The van der Waals surface area contributed by atoms with Crippen molar-refractivity contribution in [2.75, 3.05) is 11.4 Å². The van der Waals surface area contributed by atoms with Crippen molar-refractivity contribution in [2.45, 2.75) is 3.79 Å². The molecule has 0 saturated heterocycles. The van der Waals surface area contributed by atoms with Gasteiger partial charge in [-0.25, -0.2) is 0 Å². The number of hydrogen-bond donors (Lipinski definition) is 0. The Morgan fingerprint density at radius 3 is 2.00 bits per heavy atom. The molecule has 2 aromatic rings. The number of halogens is 4. The lowest BCUT2D eigenvalue weighted by Crippen LogP contribution is -2.42. The molecule has 23 heavy (non-hydrogen) atoms. The molecule has 0 heterocycles. The fraction of sp³-hybridized carbons (Fsp3) is 0.125. The maximum Gasteiger partial charge on any atom is 0.279 e. The number of amides is 1. The van der Waals surface area contributed by atoms with Crippen molar-refractivity contribution in [3.05, 3.63) is 65.2 Å². The minimum absolute atomic E-state index is 0.252. The van der Waals surface area contributed by atoms with E-state index in [0.717, 1.165) is 4.90 Å². The summed E-state index contributed by atoms with van der Waals surface area (Å²) in [5.74, 6) is -1.09. The zero-order valence-corrected chi connectivity index (χ0v) is 14.7. The van der Waals surface area contributed by atoms with Gasteiger partial charge in [-0.2, -0.15) is 0 Å². The number of hydrogen-bond acceptors (Lipinski definition) is 2. The highest BCUT2D eigenvalue weighted by Crippen LogP contribution is 2.31. The van der Waals surface area contributed by atoms with Gasteiger partial charge >= 0.3 is 0 Å². The molecule has 0 spiro atoms. The molecule has 0 aliphatic carbocycles. The normalized spacial score (nSPS) is 11.1. The van der Waals surface area contributed by atoms with Crippen LogP contribution >= 0.6 is 46.4 Å². The highest BCUT2D eigenvalue weighted by atomic mass is 35.6. The zero-order valence-electron chi connectivity index (χ0n) is 11.7. The van der Waals surface area contributed by atoms with Crippen LogP contribution in [0, 0.1) is 0 Å². The van der Waals surface area contributed by atoms with Gasteiger partial charge in [0, 0.05) is 16.3 Å². The molecule has 3 nitrogen and oxygen atoms in total. The third-order valence-corrected chi connectivity index (χ3v) is 3.76. The molecule has 0 fully saturated rings. The van der Waals surface area contributed by atoms with Crippen molar-refractivity contribution in [1.29, 1.82) is 0 Å². The van der Waals surface area contributed by atoms with Gasteiger partial charge < -0.3 is 4.90 Å². The maximum atomic E-state index is 12.4. The molecule has 0 atom stereocenters. The standard InChI is InChI=1S/C16H11Cl4NO2/c17-12-6-8-13(9-7-12)21(15(23)16(18,19)20)10-14(22)11-4-2-1-3-5-11/h1-9H,10H2. The Bertz CT molecular complexity index is 696. The first-order valence-corrected chi connectivity index (χ1v) is 8.03. The second-order valence-corrected chi connectivity index (χ2v) is 7.37. The number of Topliss-reactive ketones (excluding diaryl/α,β-unsaturated/α-hetero) is 1. The van der Waals surface area contributed by atoms with Crippen LogP contribution in [0.1, 0.15) is 10.4 Å². The predicted octanol–water partition coefficient (Wildman–Crippen LogP) is 4.93. The average molecular weight is 391 g/mol. The SMILES string of the molecule is O=C(CN(C(=O)C(Cl)(Cl)Cl)c1ccc(Cl)cc1)c1ccccc1. The van der Waals surface area contributed by atoms with E-state index < -0.39 is 9.70 Å². The van der Waals surface area contributed by atoms with Gasteiger partial charge in [0.1, 0.15) is 0 Å². The molecule has 0 saturated carbocycles. The molecule has 0 aliphatic rings. The van der Waals surface area contributed by atoms with E-state index >= 15 is 0 Å². The lowest BCUT2D eigenvalue weighted by molar-refractivity contribution is -0.117. The van der Waals surface area contributed by atoms with Crippen LogP contribution < -0.4 is 4.90 Å². The van der Waals surface area contributed by atoms with Crippen LogP contribution in [-0.4, -0.2) is 22.0 Å². The first kappa shape index (κ1) is 18.1. The smallest absolute Gasteiger partial charge is 0.279 e. The van der Waals surface area contributed by atoms with E-state index in [1.165, 1.54) is 0 Å². The van der Waals surface area contributed by atoms with Crippen LogP contribution in [0.4, 0.5) is 5.69 Å². The van der Waals surface area contributed by atoms with E-state index in [4.69, 9.17) is 46.4 Å². The lowest BCUT2D eigenvalue weighted by Gasteiger charge is -2.25. The molecule has 0 aromatic heterocycles. The summed E-state index contributed by atoms with van der Waals surface area (Å²) in [4.78, 5) is 25.9. The second kappa shape index (κ2) is 7.54. The molecule has 2 aromatic carbocycles. The Morgan fingerprint density at radius 2 is 1.48 bits per heavy atom. The highest BCUT2D eigenvalue weighted by molar-refractivity contribution is 6.77. The van der Waals surface area contributed by atoms with Crippen LogP contribution in [0.2, 0.25) is 5.02 Å². The zero-order chi connectivity index (χ0) is 17.0. The Balaban J connectivity index is 2.32. The Hall–Kier alpha value is -1.26. The minimum atomic E-state index is -2.17. The van der Waals surface area contributed by atoms with Crippen LogP contribution in [0.5, 0.6) is 0 Å². The summed E-state index contributed by atoms with van der Waals surface area (Å²) in [6.07, 6.45) is 0. The summed E-state index contributed by atoms with van der Waals surface area (Å²) in [6.45, 7) is -0.252. The van der Waals surface area contributed by atoms with Crippen molar-refractivity contribution in [2.24, 2.45) is 0 Å². The largest absolute Gasteiger partial charge is 0.301 e. The Labute approximate surface area is 153 Å². The molecule has 1 amide bonds. The van der Waals surface area contributed by atoms with Crippen LogP contribution in [0.3, 0.4) is 0 Å². The minimum Gasteiger partial charge on any atom is -0.301 e. The van der Waals surface area contributed by atoms with Gasteiger partial charge in [-0.05, 0) is 24.3 Å². The topological polar surface area (TPSA) is 37.4 Å².